The van der Waals surface area contributed by atoms with Gasteiger partial charge in [-0.25, -0.2) is 0 Å². The van der Waals surface area contributed by atoms with Gasteiger partial charge in [0.25, 0.3) is 0 Å². The summed E-state index contributed by atoms with van der Waals surface area (Å²) in [7, 11) is 0. The van der Waals surface area contributed by atoms with E-state index in [1.165, 1.54) is 6.92 Å². The minimum absolute atomic E-state index is 0.105. The van der Waals surface area contributed by atoms with E-state index in [2.05, 4.69) is 5.32 Å². The van der Waals surface area contributed by atoms with Gasteiger partial charge in [-0.2, -0.15) is 0 Å². The summed E-state index contributed by atoms with van der Waals surface area (Å²) in [5, 5.41) is 12.5. The largest absolute Gasteiger partial charge is 0.491 e. The van der Waals surface area contributed by atoms with Crippen LogP contribution in [0, 0.1) is 5.41 Å². The molecule has 0 radical (unpaired) electrons. The molecule has 1 amide bonds. The molecule has 4 heteroatoms. The van der Waals surface area contributed by atoms with Crippen LogP contribution in [-0.4, -0.2) is 23.7 Å². The second-order valence-electron chi connectivity index (χ2n) is 5.40. The Kier molecular flexibility index (Phi) is 4.73. The van der Waals surface area contributed by atoms with Crippen molar-refractivity contribution in [3.8, 4) is 5.75 Å². The SMILES string of the molecule is CC(=O)Nc1ccc(OCC(O)C(C)(C)C)cc1. The van der Waals surface area contributed by atoms with E-state index in [1.807, 2.05) is 20.8 Å². The maximum absolute atomic E-state index is 10.8. The van der Waals surface area contributed by atoms with E-state index in [0.29, 0.717) is 5.75 Å². The lowest BCUT2D eigenvalue weighted by atomic mass is 9.90. The monoisotopic (exact) mass is 251 g/mol. The van der Waals surface area contributed by atoms with Gasteiger partial charge in [-0.3, -0.25) is 4.79 Å². The van der Waals surface area contributed by atoms with Crippen molar-refractivity contribution in [2.24, 2.45) is 5.41 Å². The predicted octanol–water partition coefficient (Wildman–Crippen LogP) is 2.43. The predicted molar refractivity (Wildman–Crippen MR) is 71.7 cm³/mol. The lowest BCUT2D eigenvalue weighted by Gasteiger charge is -2.25. The Labute approximate surface area is 108 Å². The molecule has 1 unspecified atom stereocenters. The van der Waals surface area contributed by atoms with E-state index in [0.717, 1.165) is 5.69 Å². The van der Waals surface area contributed by atoms with Crippen molar-refractivity contribution in [2.75, 3.05) is 11.9 Å². The number of ether oxygens (including phenoxy) is 1. The van der Waals surface area contributed by atoms with E-state index < -0.39 is 6.10 Å². The summed E-state index contributed by atoms with van der Waals surface area (Å²) in [5.41, 5.74) is 0.530. The average Bonchev–Trinajstić information content (AvgIpc) is 2.25. The van der Waals surface area contributed by atoms with Crippen LogP contribution < -0.4 is 10.1 Å². The molecule has 0 bridgehead atoms. The standard InChI is InChI=1S/C14H21NO3/c1-10(16)15-11-5-7-12(8-6-11)18-9-13(17)14(2,3)4/h5-8,13,17H,9H2,1-4H3,(H,15,16). The van der Waals surface area contributed by atoms with Crippen molar-refractivity contribution in [3.63, 3.8) is 0 Å². The van der Waals surface area contributed by atoms with Gasteiger partial charge < -0.3 is 15.2 Å². The smallest absolute Gasteiger partial charge is 0.221 e. The van der Waals surface area contributed by atoms with Gasteiger partial charge in [-0.05, 0) is 29.7 Å². The lowest BCUT2D eigenvalue weighted by molar-refractivity contribution is -0.114. The second kappa shape index (κ2) is 5.87. The van der Waals surface area contributed by atoms with Crippen molar-refractivity contribution in [1.82, 2.24) is 0 Å². The fraction of sp³-hybridized carbons (Fsp3) is 0.500. The Balaban J connectivity index is 2.51. The third kappa shape index (κ3) is 4.75. The highest BCUT2D eigenvalue weighted by molar-refractivity contribution is 5.88. The number of aliphatic hydroxyl groups excluding tert-OH is 1. The number of benzene rings is 1. The summed E-state index contributed by atoms with van der Waals surface area (Å²) in [6.07, 6.45) is -0.521. The summed E-state index contributed by atoms with van der Waals surface area (Å²) >= 11 is 0. The third-order valence-corrected chi connectivity index (χ3v) is 2.58. The van der Waals surface area contributed by atoms with Crippen LogP contribution in [-0.2, 0) is 4.79 Å². The molecule has 0 aliphatic rings. The molecular weight excluding hydrogens is 230 g/mol. The minimum Gasteiger partial charge on any atom is -0.491 e. The number of nitrogens with one attached hydrogen (secondary N) is 1. The first-order valence-corrected chi connectivity index (χ1v) is 5.97. The maximum atomic E-state index is 10.8. The molecule has 0 spiro atoms. The maximum Gasteiger partial charge on any atom is 0.221 e. The third-order valence-electron chi connectivity index (χ3n) is 2.58. The van der Waals surface area contributed by atoms with Crippen LogP contribution in [0.1, 0.15) is 27.7 Å². The molecule has 0 heterocycles. The first-order chi connectivity index (χ1) is 8.29. The van der Waals surface area contributed by atoms with Gasteiger partial charge >= 0.3 is 0 Å². The zero-order chi connectivity index (χ0) is 13.8. The number of hydrogen-bond acceptors (Lipinski definition) is 3. The van der Waals surface area contributed by atoms with Crippen molar-refractivity contribution < 1.29 is 14.6 Å². The van der Waals surface area contributed by atoms with Gasteiger partial charge in [-0.1, -0.05) is 20.8 Å². The molecule has 0 aliphatic carbocycles. The highest BCUT2D eigenvalue weighted by Crippen LogP contribution is 2.21. The van der Waals surface area contributed by atoms with Gasteiger partial charge in [0.1, 0.15) is 12.4 Å². The number of carbonyl (C=O) groups is 1. The molecule has 100 valence electrons. The molecule has 0 saturated carbocycles. The topological polar surface area (TPSA) is 58.6 Å². The molecule has 4 nitrogen and oxygen atoms in total. The van der Waals surface area contributed by atoms with E-state index in [9.17, 15) is 9.90 Å². The van der Waals surface area contributed by atoms with Crippen LogP contribution in [0.25, 0.3) is 0 Å². The number of carbonyl (C=O) groups excluding carboxylic acids is 1. The molecule has 2 N–H and O–H groups in total. The number of aliphatic hydroxyl groups is 1. The van der Waals surface area contributed by atoms with Crippen LogP contribution in [0.4, 0.5) is 5.69 Å². The Morgan fingerprint density at radius 2 is 1.89 bits per heavy atom. The molecule has 1 atom stereocenters. The number of hydrogen-bond donors (Lipinski definition) is 2. The number of rotatable bonds is 4. The van der Waals surface area contributed by atoms with E-state index >= 15 is 0 Å². The van der Waals surface area contributed by atoms with Gasteiger partial charge in [-0.15, -0.1) is 0 Å². The molecule has 0 aliphatic heterocycles. The quantitative estimate of drug-likeness (QED) is 0.864. The fourth-order valence-corrected chi connectivity index (χ4v) is 1.26. The number of anilines is 1. The highest BCUT2D eigenvalue weighted by atomic mass is 16.5. The van der Waals surface area contributed by atoms with Crippen LogP contribution in [0.3, 0.4) is 0 Å². The van der Waals surface area contributed by atoms with E-state index in [4.69, 9.17) is 4.74 Å². The Bertz CT molecular complexity index is 392. The molecule has 0 fully saturated rings. The summed E-state index contributed by atoms with van der Waals surface area (Å²) in [6, 6.07) is 7.06. The van der Waals surface area contributed by atoms with Crippen LogP contribution >= 0.6 is 0 Å². The van der Waals surface area contributed by atoms with Crippen molar-refractivity contribution in [2.45, 2.75) is 33.8 Å². The average molecular weight is 251 g/mol. The van der Waals surface area contributed by atoms with E-state index in [-0.39, 0.29) is 17.9 Å². The molecule has 18 heavy (non-hydrogen) atoms. The molecule has 1 rings (SSSR count). The van der Waals surface area contributed by atoms with Crippen LogP contribution in [0.15, 0.2) is 24.3 Å². The zero-order valence-electron chi connectivity index (χ0n) is 11.4. The van der Waals surface area contributed by atoms with Crippen molar-refractivity contribution in [3.05, 3.63) is 24.3 Å². The summed E-state index contributed by atoms with van der Waals surface area (Å²) < 4.78 is 5.49. The summed E-state index contributed by atoms with van der Waals surface area (Å²) in [6.45, 7) is 7.59. The fourth-order valence-electron chi connectivity index (χ4n) is 1.26. The van der Waals surface area contributed by atoms with Crippen molar-refractivity contribution >= 4 is 11.6 Å². The van der Waals surface area contributed by atoms with Crippen LogP contribution in [0.5, 0.6) is 5.75 Å². The number of amides is 1. The van der Waals surface area contributed by atoms with Gasteiger partial charge in [0.05, 0.1) is 6.10 Å². The molecule has 0 saturated heterocycles. The van der Waals surface area contributed by atoms with Crippen molar-refractivity contribution in [1.29, 1.82) is 0 Å². The molecule has 1 aromatic rings. The lowest BCUT2D eigenvalue weighted by Crippen LogP contribution is -2.31. The minimum atomic E-state index is -0.521. The van der Waals surface area contributed by atoms with Gasteiger partial charge in [0.15, 0.2) is 0 Å². The Hall–Kier alpha value is -1.55. The van der Waals surface area contributed by atoms with Gasteiger partial charge in [0, 0.05) is 12.6 Å². The first kappa shape index (κ1) is 14.5. The zero-order valence-corrected chi connectivity index (χ0v) is 11.4. The first-order valence-electron chi connectivity index (χ1n) is 5.97. The van der Waals surface area contributed by atoms with Crippen LogP contribution in [0.2, 0.25) is 0 Å². The van der Waals surface area contributed by atoms with E-state index in [1.54, 1.807) is 24.3 Å². The highest BCUT2D eigenvalue weighted by Gasteiger charge is 2.22. The molecule has 0 aromatic heterocycles. The molecule has 1 aromatic carbocycles. The normalized spacial score (nSPS) is 12.9. The summed E-state index contributed by atoms with van der Waals surface area (Å²) in [5.74, 6) is 0.569. The Morgan fingerprint density at radius 3 is 2.33 bits per heavy atom. The Morgan fingerprint density at radius 1 is 1.33 bits per heavy atom. The van der Waals surface area contributed by atoms with Gasteiger partial charge in [0.2, 0.25) is 5.91 Å². The molecular formula is C14H21NO3. The summed E-state index contributed by atoms with van der Waals surface area (Å²) in [4.78, 5) is 10.8. The second-order valence-corrected chi connectivity index (χ2v) is 5.40.